The van der Waals surface area contributed by atoms with E-state index in [1.54, 1.807) is 0 Å². The number of hydrogen-bond acceptors (Lipinski definition) is 3. The topological polar surface area (TPSA) is 54.4 Å². The van der Waals surface area contributed by atoms with Crippen LogP contribution in [0, 0.1) is 17.6 Å². The van der Waals surface area contributed by atoms with E-state index in [4.69, 9.17) is 0 Å². The first-order chi connectivity index (χ1) is 9.77. The van der Waals surface area contributed by atoms with Gasteiger partial charge in [-0.1, -0.05) is 12.5 Å². The van der Waals surface area contributed by atoms with Gasteiger partial charge in [0, 0.05) is 6.26 Å². The molecule has 0 aliphatic heterocycles. The maximum atomic E-state index is 13.2. The zero-order chi connectivity index (χ0) is 15.6. The van der Waals surface area contributed by atoms with E-state index in [0.29, 0.717) is 18.4 Å². The van der Waals surface area contributed by atoms with Gasteiger partial charge < -0.3 is 5.11 Å². The molecule has 2 rings (SSSR count). The first kappa shape index (κ1) is 16.4. The van der Waals surface area contributed by atoms with Crippen molar-refractivity contribution in [1.82, 2.24) is 0 Å². The van der Waals surface area contributed by atoms with Crippen LogP contribution in [0.15, 0.2) is 18.2 Å². The highest BCUT2D eigenvalue weighted by Gasteiger charge is 2.32. The minimum Gasteiger partial charge on any atom is -0.392 e. The average molecular weight is 318 g/mol. The second-order valence-electron chi connectivity index (χ2n) is 5.90. The molecule has 1 fully saturated rings. The molecular formula is C15H20F2O3S. The Bertz CT molecular complexity index is 601. The zero-order valence-corrected chi connectivity index (χ0v) is 12.7. The van der Waals surface area contributed by atoms with Crippen LogP contribution in [0.3, 0.4) is 0 Å². The van der Waals surface area contributed by atoms with Crippen molar-refractivity contribution < 1.29 is 22.3 Å². The fourth-order valence-corrected chi connectivity index (χ4v) is 4.19. The molecule has 0 amide bonds. The first-order valence-corrected chi connectivity index (χ1v) is 9.03. The van der Waals surface area contributed by atoms with Crippen LogP contribution in [0.25, 0.3) is 0 Å². The van der Waals surface area contributed by atoms with Gasteiger partial charge in [0.05, 0.1) is 11.4 Å². The monoisotopic (exact) mass is 318 g/mol. The SMILES string of the molecule is CS(=O)(=O)C1CCCC(C(O)Cc2ccc(F)c(F)c2)C1. The first-order valence-electron chi connectivity index (χ1n) is 7.08. The summed E-state index contributed by atoms with van der Waals surface area (Å²) >= 11 is 0. The molecule has 1 aliphatic carbocycles. The zero-order valence-electron chi connectivity index (χ0n) is 11.9. The van der Waals surface area contributed by atoms with Crippen LogP contribution >= 0.6 is 0 Å². The third kappa shape index (κ3) is 4.23. The largest absolute Gasteiger partial charge is 0.392 e. The van der Waals surface area contributed by atoms with E-state index in [1.807, 2.05) is 0 Å². The van der Waals surface area contributed by atoms with Crippen molar-refractivity contribution in [3.8, 4) is 0 Å². The lowest BCUT2D eigenvalue weighted by Gasteiger charge is -2.31. The van der Waals surface area contributed by atoms with E-state index >= 15 is 0 Å². The standard InChI is InChI=1S/C15H20F2O3S/c1-21(19,20)12-4-2-3-11(9-12)15(18)8-10-5-6-13(16)14(17)7-10/h5-7,11-12,15,18H,2-4,8-9H2,1H3. The summed E-state index contributed by atoms with van der Waals surface area (Å²) in [5.41, 5.74) is 0.517. The molecule has 1 aliphatic rings. The molecule has 3 nitrogen and oxygen atoms in total. The van der Waals surface area contributed by atoms with Gasteiger partial charge in [-0.3, -0.25) is 0 Å². The van der Waals surface area contributed by atoms with Gasteiger partial charge in [0.2, 0.25) is 0 Å². The number of halogens is 2. The van der Waals surface area contributed by atoms with Crippen molar-refractivity contribution in [3.63, 3.8) is 0 Å². The third-order valence-electron chi connectivity index (χ3n) is 4.25. The molecule has 0 radical (unpaired) electrons. The Morgan fingerprint density at radius 1 is 1.29 bits per heavy atom. The van der Waals surface area contributed by atoms with E-state index in [1.165, 1.54) is 12.3 Å². The molecule has 0 heterocycles. The fourth-order valence-electron chi connectivity index (χ4n) is 2.99. The highest BCUT2D eigenvalue weighted by Crippen LogP contribution is 2.31. The molecule has 21 heavy (non-hydrogen) atoms. The fraction of sp³-hybridized carbons (Fsp3) is 0.600. The normalized spacial score (nSPS) is 24.8. The Kier molecular flexibility index (Phi) is 4.99. The van der Waals surface area contributed by atoms with Crippen LogP contribution < -0.4 is 0 Å². The molecule has 0 aromatic heterocycles. The number of aliphatic hydroxyl groups is 1. The smallest absolute Gasteiger partial charge is 0.159 e. The lowest BCUT2D eigenvalue weighted by molar-refractivity contribution is 0.0858. The quantitative estimate of drug-likeness (QED) is 0.928. The van der Waals surface area contributed by atoms with E-state index in [2.05, 4.69) is 0 Å². The van der Waals surface area contributed by atoms with Gasteiger partial charge in [-0.05, 0) is 49.3 Å². The van der Waals surface area contributed by atoms with Crippen molar-refractivity contribution in [2.75, 3.05) is 6.26 Å². The molecule has 1 N–H and O–H groups in total. The highest BCUT2D eigenvalue weighted by atomic mass is 32.2. The van der Waals surface area contributed by atoms with Gasteiger partial charge in [-0.15, -0.1) is 0 Å². The molecule has 3 atom stereocenters. The molecule has 1 saturated carbocycles. The van der Waals surface area contributed by atoms with Gasteiger partial charge in [0.25, 0.3) is 0 Å². The number of rotatable bonds is 4. The Morgan fingerprint density at radius 3 is 2.62 bits per heavy atom. The average Bonchev–Trinajstić information content (AvgIpc) is 2.42. The van der Waals surface area contributed by atoms with Crippen LogP contribution in [-0.4, -0.2) is 31.1 Å². The van der Waals surface area contributed by atoms with Crippen LogP contribution in [0.4, 0.5) is 8.78 Å². The van der Waals surface area contributed by atoms with Crippen molar-refractivity contribution in [2.45, 2.75) is 43.5 Å². The molecule has 0 bridgehead atoms. The summed E-state index contributed by atoms with van der Waals surface area (Å²) in [7, 11) is -3.10. The van der Waals surface area contributed by atoms with Gasteiger partial charge in [-0.25, -0.2) is 17.2 Å². The number of sulfone groups is 1. The van der Waals surface area contributed by atoms with Crippen molar-refractivity contribution in [2.24, 2.45) is 5.92 Å². The minimum atomic E-state index is -3.10. The van der Waals surface area contributed by atoms with Crippen molar-refractivity contribution >= 4 is 9.84 Å². The van der Waals surface area contributed by atoms with Crippen LogP contribution in [0.5, 0.6) is 0 Å². The van der Waals surface area contributed by atoms with E-state index in [0.717, 1.165) is 25.0 Å². The van der Waals surface area contributed by atoms with E-state index in [9.17, 15) is 22.3 Å². The summed E-state index contributed by atoms with van der Waals surface area (Å²) in [5.74, 6) is -1.97. The highest BCUT2D eigenvalue weighted by molar-refractivity contribution is 7.91. The van der Waals surface area contributed by atoms with E-state index in [-0.39, 0.29) is 12.3 Å². The lowest BCUT2D eigenvalue weighted by Crippen LogP contribution is -2.34. The molecule has 3 unspecified atom stereocenters. The Labute approximate surface area is 123 Å². The molecule has 0 saturated heterocycles. The summed E-state index contributed by atoms with van der Waals surface area (Å²) in [6.45, 7) is 0. The maximum Gasteiger partial charge on any atom is 0.159 e. The van der Waals surface area contributed by atoms with Crippen molar-refractivity contribution in [3.05, 3.63) is 35.4 Å². The number of benzene rings is 1. The number of hydrogen-bond donors (Lipinski definition) is 1. The number of aliphatic hydroxyl groups excluding tert-OH is 1. The second kappa shape index (κ2) is 6.40. The summed E-state index contributed by atoms with van der Waals surface area (Å²) in [5, 5.41) is 9.85. The van der Waals surface area contributed by atoms with Crippen LogP contribution in [0.2, 0.25) is 0 Å². The molecular weight excluding hydrogens is 298 g/mol. The van der Waals surface area contributed by atoms with Crippen LogP contribution in [0.1, 0.15) is 31.2 Å². The Hall–Kier alpha value is -1.01. The second-order valence-corrected chi connectivity index (χ2v) is 8.22. The minimum absolute atomic E-state index is 0.119. The van der Waals surface area contributed by atoms with Gasteiger partial charge in [-0.2, -0.15) is 0 Å². The third-order valence-corrected chi connectivity index (χ3v) is 5.88. The van der Waals surface area contributed by atoms with Gasteiger partial charge in [0.1, 0.15) is 9.84 Å². The van der Waals surface area contributed by atoms with Crippen LogP contribution in [-0.2, 0) is 16.3 Å². The lowest BCUT2D eigenvalue weighted by atomic mass is 9.83. The maximum absolute atomic E-state index is 13.2. The summed E-state index contributed by atoms with van der Waals surface area (Å²) < 4.78 is 49.3. The summed E-state index contributed by atoms with van der Waals surface area (Å²) in [6.07, 6.45) is 3.28. The molecule has 1 aromatic rings. The molecule has 6 heteroatoms. The Balaban J connectivity index is 2.02. The van der Waals surface area contributed by atoms with E-state index < -0.39 is 32.8 Å². The molecule has 1 aromatic carbocycles. The predicted molar refractivity (Wildman–Crippen MR) is 76.7 cm³/mol. The Morgan fingerprint density at radius 2 is 2.00 bits per heavy atom. The van der Waals surface area contributed by atoms with Gasteiger partial charge >= 0.3 is 0 Å². The summed E-state index contributed by atoms with van der Waals surface area (Å²) in [4.78, 5) is 0. The van der Waals surface area contributed by atoms with Crippen molar-refractivity contribution in [1.29, 1.82) is 0 Å². The molecule has 0 spiro atoms. The predicted octanol–water partition coefficient (Wildman–Crippen LogP) is 2.47. The molecule has 118 valence electrons. The summed E-state index contributed by atoms with van der Waals surface area (Å²) in [6, 6.07) is 3.56. The van der Waals surface area contributed by atoms with Gasteiger partial charge in [0.15, 0.2) is 11.6 Å².